The fourth-order valence-corrected chi connectivity index (χ4v) is 2.54. The first-order valence-corrected chi connectivity index (χ1v) is 7.03. The number of hydrogen-bond donors (Lipinski definition) is 1. The largest absolute Gasteiger partial charge is 0.496 e. The highest BCUT2D eigenvalue weighted by atomic mass is 16.5. The number of ether oxygens (including phenoxy) is 1. The maximum Gasteiger partial charge on any atom is 0.310 e. The molecular weight excluding hydrogens is 254 g/mol. The summed E-state index contributed by atoms with van der Waals surface area (Å²) in [5, 5.41) is 9.49. The van der Waals surface area contributed by atoms with E-state index in [1.165, 1.54) is 0 Å². The van der Waals surface area contributed by atoms with Gasteiger partial charge in [0.15, 0.2) is 0 Å². The molecule has 0 amide bonds. The third kappa shape index (κ3) is 3.73. The second-order valence-corrected chi connectivity index (χ2v) is 5.28. The van der Waals surface area contributed by atoms with Gasteiger partial charge >= 0.3 is 5.97 Å². The number of rotatable bonds is 8. The van der Waals surface area contributed by atoms with Crippen LogP contribution in [0.3, 0.4) is 0 Å². The van der Waals surface area contributed by atoms with Crippen molar-refractivity contribution in [2.75, 3.05) is 20.7 Å². The van der Waals surface area contributed by atoms with Crippen molar-refractivity contribution < 1.29 is 14.6 Å². The molecule has 1 aromatic rings. The second kappa shape index (κ2) is 7.29. The molecular formula is C16H25NO3. The second-order valence-electron chi connectivity index (χ2n) is 5.28. The van der Waals surface area contributed by atoms with Gasteiger partial charge < -0.3 is 14.7 Å². The molecule has 0 saturated heterocycles. The van der Waals surface area contributed by atoms with E-state index >= 15 is 0 Å². The summed E-state index contributed by atoms with van der Waals surface area (Å²) in [4.78, 5) is 13.6. The monoisotopic (exact) mass is 279 g/mol. The summed E-state index contributed by atoms with van der Waals surface area (Å²) in [6.07, 6.45) is 1.27. The molecule has 0 radical (unpaired) electrons. The van der Waals surface area contributed by atoms with Gasteiger partial charge in [0.1, 0.15) is 5.75 Å². The molecule has 0 fully saturated rings. The Bertz CT molecular complexity index is 441. The fraction of sp³-hybridized carbons (Fsp3) is 0.562. The van der Waals surface area contributed by atoms with Crippen LogP contribution in [-0.4, -0.2) is 36.7 Å². The fourth-order valence-electron chi connectivity index (χ4n) is 2.54. The number of aliphatic carboxylic acids is 1. The van der Waals surface area contributed by atoms with Crippen molar-refractivity contribution in [3.8, 4) is 5.75 Å². The van der Waals surface area contributed by atoms with E-state index in [-0.39, 0.29) is 0 Å². The molecule has 20 heavy (non-hydrogen) atoms. The van der Waals surface area contributed by atoms with Gasteiger partial charge in [0.25, 0.3) is 0 Å². The maximum atomic E-state index is 11.5. The van der Waals surface area contributed by atoms with Gasteiger partial charge in [0, 0.05) is 18.7 Å². The SMILES string of the molecule is CCC(CC)(CN(C)Cc1ccccc1OC)C(=O)O. The summed E-state index contributed by atoms with van der Waals surface area (Å²) in [6.45, 7) is 5.09. The molecule has 4 nitrogen and oxygen atoms in total. The third-order valence-corrected chi connectivity index (χ3v) is 4.01. The minimum atomic E-state index is -0.714. The Morgan fingerprint density at radius 2 is 1.90 bits per heavy atom. The van der Waals surface area contributed by atoms with E-state index in [1.807, 2.05) is 45.2 Å². The highest BCUT2D eigenvalue weighted by molar-refractivity contribution is 5.74. The van der Waals surface area contributed by atoms with E-state index in [9.17, 15) is 9.90 Å². The lowest BCUT2D eigenvalue weighted by Crippen LogP contribution is -2.40. The predicted octanol–water partition coefficient (Wildman–Crippen LogP) is 3.02. The quantitative estimate of drug-likeness (QED) is 0.794. The van der Waals surface area contributed by atoms with Crippen LogP contribution < -0.4 is 4.74 Å². The Labute approximate surface area is 121 Å². The van der Waals surface area contributed by atoms with E-state index in [0.717, 1.165) is 11.3 Å². The molecule has 1 aromatic carbocycles. The molecule has 0 aliphatic heterocycles. The van der Waals surface area contributed by atoms with Crippen LogP contribution in [0, 0.1) is 5.41 Å². The van der Waals surface area contributed by atoms with Crippen molar-refractivity contribution in [3.63, 3.8) is 0 Å². The molecule has 4 heteroatoms. The third-order valence-electron chi connectivity index (χ3n) is 4.01. The minimum absolute atomic E-state index is 0.535. The van der Waals surface area contributed by atoms with Crippen molar-refractivity contribution in [1.82, 2.24) is 4.90 Å². The highest BCUT2D eigenvalue weighted by Crippen LogP contribution is 2.29. The van der Waals surface area contributed by atoms with E-state index in [1.54, 1.807) is 7.11 Å². The average molecular weight is 279 g/mol. The van der Waals surface area contributed by atoms with Crippen LogP contribution in [0.15, 0.2) is 24.3 Å². The van der Waals surface area contributed by atoms with Crippen molar-refractivity contribution in [2.45, 2.75) is 33.2 Å². The molecule has 0 saturated carbocycles. The van der Waals surface area contributed by atoms with Crippen LogP contribution in [0.25, 0.3) is 0 Å². The van der Waals surface area contributed by atoms with Gasteiger partial charge in [0.05, 0.1) is 12.5 Å². The molecule has 0 aliphatic rings. The molecule has 0 bridgehead atoms. The van der Waals surface area contributed by atoms with Crippen LogP contribution in [0.1, 0.15) is 32.3 Å². The molecule has 0 atom stereocenters. The Morgan fingerprint density at radius 3 is 2.40 bits per heavy atom. The van der Waals surface area contributed by atoms with Crippen LogP contribution in [0.4, 0.5) is 0 Å². The standard InChI is InChI=1S/C16H25NO3/c1-5-16(6-2,15(18)19)12-17(3)11-13-9-7-8-10-14(13)20-4/h7-10H,5-6,11-12H2,1-4H3,(H,18,19). The van der Waals surface area contributed by atoms with Crippen LogP contribution >= 0.6 is 0 Å². The summed E-state index contributed by atoms with van der Waals surface area (Å²) in [5.41, 5.74) is 0.403. The zero-order valence-corrected chi connectivity index (χ0v) is 12.8. The lowest BCUT2D eigenvalue weighted by Gasteiger charge is -2.32. The lowest BCUT2D eigenvalue weighted by atomic mass is 9.82. The molecule has 0 unspecified atom stereocenters. The molecule has 0 heterocycles. The van der Waals surface area contributed by atoms with E-state index in [0.29, 0.717) is 25.9 Å². The number of carboxylic acids is 1. The summed E-state index contributed by atoms with van der Waals surface area (Å²) < 4.78 is 5.33. The Morgan fingerprint density at radius 1 is 1.30 bits per heavy atom. The maximum absolute atomic E-state index is 11.5. The average Bonchev–Trinajstić information content (AvgIpc) is 2.45. The number of methoxy groups -OCH3 is 1. The van der Waals surface area contributed by atoms with Crippen LogP contribution in [0.2, 0.25) is 0 Å². The van der Waals surface area contributed by atoms with E-state index in [2.05, 4.69) is 4.90 Å². The number of carboxylic acid groups (broad SMARTS) is 1. The number of carbonyl (C=O) groups is 1. The smallest absolute Gasteiger partial charge is 0.310 e. The topological polar surface area (TPSA) is 49.8 Å². The van der Waals surface area contributed by atoms with Crippen molar-refractivity contribution in [2.24, 2.45) is 5.41 Å². The predicted molar refractivity (Wildman–Crippen MR) is 80.0 cm³/mol. The summed E-state index contributed by atoms with van der Waals surface area (Å²) >= 11 is 0. The molecule has 1 rings (SSSR count). The Hall–Kier alpha value is -1.55. The molecule has 0 spiro atoms. The number of hydrogen-bond acceptors (Lipinski definition) is 3. The number of nitrogens with zero attached hydrogens (tertiary/aromatic N) is 1. The Balaban J connectivity index is 2.80. The molecule has 112 valence electrons. The van der Waals surface area contributed by atoms with E-state index < -0.39 is 11.4 Å². The van der Waals surface area contributed by atoms with E-state index in [4.69, 9.17) is 4.74 Å². The number of para-hydroxylation sites is 1. The highest BCUT2D eigenvalue weighted by Gasteiger charge is 2.35. The Kier molecular flexibility index (Phi) is 6.02. The molecule has 0 aromatic heterocycles. The summed E-state index contributed by atoms with van der Waals surface area (Å²) in [6, 6.07) is 7.83. The van der Waals surface area contributed by atoms with Gasteiger partial charge in [-0.05, 0) is 26.0 Å². The first-order valence-electron chi connectivity index (χ1n) is 7.03. The van der Waals surface area contributed by atoms with Gasteiger partial charge in [-0.15, -0.1) is 0 Å². The summed E-state index contributed by atoms with van der Waals surface area (Å²) in [5.74, 6) is 0.127. The zero-order chi connectivity index (χ0) is 15.2. The van der Waals surface area contributed by atoms with Gasteiger partial charge in [0.2, 0.25) is 0 Å². The lowest BCUT2D eigenvalue weighted by molar-refractivity contribution is -0.150. The normalized spacial score (nSPS) is 11.7. The van der Waals surface area contributed by atoms with Gasteiger partial charge in [-0.25, -0.2) is 0 Å². The first kappa shape index (κ1) is 16.5. The van der Waals surface area contributed by atoms with Gasteiger partial charge in [-0.2, -0.15) is 0 Å². The number of benzene rings is 1. The first-order chi connectivity index (χ1) is 9.49. The van der Waals surface area contributed by atoms with Crippen molar-refractivity contribution >= 4 is 5.97 Å². The van der Waals surface area contributed by atoms with Crippen LogP contribution in [0.5, 0.6) is 5.75 Å². The van der Waals surface area contributed by atoms with Gasteiger partial charge in [-0.1, -0.05) is 32.0 Å². The minimum Gasteiger partial charge on any atom is -0.496 e. The van der Waals surface area contributed by atoms with Crippen LogP contribution in [-0.2, 0) is 11.3 Å². The molecule has 0 aliphatic carbocycles. The van der Waals surface area contributed by atoms with Gasteiger partial charge in [-0.3, -0.25) is 4.79 Å². The van der Waals surface area contributed by atoms with Crippen molar-refractivity contribution in [1.29, 1.82) is 0 Å². The zero-order valence-electron chi connectivity index (χ0n) is 12.8. The summed E-state index contributed by atoms with van der Waals surface area (Å²) in [7, 11) is 3.61. The van der Waals surface area contributed by atoms with Crippen molar-refractivity contribution in [3.05, 3.63) is 29.8 Å². The molecule has 1 N–H and O–H groups in total.